The van der Waals surface area contributed by atoms with Gasteiger partial charge in [0.15, 0.2) is 0 Å². The highest BCUT2D eigenvalue weighted by molar-refractivity contribution is 5.82. The molecule has 0 heterocycles. The van der Waals surface area contributed by atoms with E-state index in [4.69, 9.17) is 11.5 Å². The number of rotatable bonds is 9. The van der Waals surface area contributed by atoms with E-state index >= 15 is 0 Å². The molecule has 1 aromatic rings. The van der Waals surface area contributed by atoms with Crippen molar-refractivity contribution in [2.24, 2.45) is 0 Å². The number of nitrogen functional groups attached to an aromatic ring is 2. The molecule has 4 N–H and O–H groups in total. The molecule has 114 valence electrons. The average molecular weight is 277 g/mol. The quantitative estimate of drug-likeness (QED) is 0.521. The summed E-state index contributed by atoms with van der Waals surface area (Å²) in [7, 11) is 0. The minimum Gasteiger partial charge on any atom is -0.397 e. The maximum atomic E-state index is 6.22. The Hall–Kier alpha value is -1.38. The van der Waals surface area contributed by atoms with Crippen molar-refractivity contribution in [3.8, 4) is 0 Å². The van der Waals surface area contributed by atoms with Crippen molar-refractivity contribution in [3.05, 3.63) is 17.7 Å². The molecule has 0 amide bonds. The fourth-order valence-corrected chi connectivity index (χ4v) is 2.57. The largest absolute Gasteiger partial charge is 0.397 e. The Bertz CT molecular complexity index is 401. The Morgan fingerprint density at radius 2 is 1.55 bits per heavy atom. The Balaban J connectivity index is 2.83. The molecule has 0 atom stereocenters. The summed E-state index contributed by atoms with van der Waals surface area (Å²) in [6.07, 6.45) is 7.50. The first kappa shape index (κ1) is 16.7. The molecule has 0 fully saturated rings. The Kier molecular flexibility index (Phi) is 7.27. The van der Waals surface area contributed by atoms with Crippen molar-refractivity contribution < 1.29 is 0 Å². The molecule has 0 aliphatic carbocycles. The van der Waals surface area contributed by atoms with Gasteiger partial charge in [0.05, 0.1) is 17.1 Å². The highest BCUT2D eigenvalue weighted by Gasteiger charge is 2.14. The van der Waals surface area contributed by atoms with Crippen molar-refractivity contribution in [2.45, 2.75) is 59.3 Å². The maximum absolute atomic E-state index is 6.22. The number of nitrogens with zero attached hydrogens (tertiary/aromatic N) is 1. The summed E-state index contributed by atoms with van der Waals surface area (Å²) in [5.74, 6) is 0. The Morgan fingerprint density at radius 1 is 0.900 bits per heavy atom. The maximum Gasteiger partial charge on any atom is 0.0788 e. The minimum atomic E-state index is 0.695. The van der Waals surface area contributed by atoms with Crippen molar-refractivity contribution in [1.82, 2.24) is 0 Å². The molecule has 0 aliphatic rings. The van der Waals surface area contributed by atoms with Crippen LogP contribution < -0.4 is 16.4 Å². The molecular weight excluding hydrogens is 246 g/mol. The van der Waals surface area contributed by atoms with Gasteiger partial charge in [0.1, 0.15) is 0 Å². The highest BCUT2D eigenvalue weighted by Crippen LogP contribution is 2.32. The number of hydrogen-bond acceptors (Lipinski definition) is 3. The van der Waals surface area contributed by atoms with Gasteiger partial charge in [-0.05, 0) is 31.4 Å². The Morgan fingerprint density at radius 3 is 2.20 bits per heavy atom. The molecule has 0 unspecified atom stereocenters. The number of benzene rings is 1. The van der Waals surface area contributed by atoms with Crippen LogP contribution in [-0.2, 0) is 0 Å². The first-order chi connectivity index (χ1) is 9.61. The zero-order chi connectivity index (χ0) is 15.0. The van der Waals surface area contributed by atoms with Crippen LogP contribution >= 0.6 is 0 Å². The van der Waals surface area contributed by atoms with Gasteiger partial charge in [0.2, 0.25) is 0 Å². The van der Waals surface area contributed by atoms with E-state index in [0.717, 1.165) is 24.5 Å². The van der Waals surface area contributed by atoms with Crippen LogP contribution in [0, 0.1) is 6.92 Å². The van der Waals surface area contributed by atoms with Gasteiger partial charge in [-0.3, -0.25) is 0 Å². The summed E-state index contributed by atoms with van der Waals surface area (Å²) in [6.45, 7) is 8.74. The van der Waals surface area contributed by atoms with E-state index in [2.05, 4.69) is 31.7 Å². The predicted molar refractivity (Wildman–Crippen MR) is 91.3 cm³/mol. The molecule has 1 rings (SSSR count). The van der Waals surface area contributed by atoms with Crippen molar-refractivity contribution in [2.75, 3.05) is 29.5 Å². The summed E-state index contributed by atoms with van der Waals surface area (Å²) in [5.41, 5.74) is 16.0. The van der Waals surface area contributed by atoms with E-state index < -0.39 is 0 Å². The van der Waals surface area contributed by atoms with Gasteiger partial charge in [-0.15, -0.1) is 0 Å². The molecule has 20 heavy (non-hydrogen) atoms. The zero-order valence-corrected chi connectivity index (χ0v) is 13.4. The van der Waals surface area contributed by atoms with Crippen molar-refractivity contribution >= 4 is 17.1 Å². The second-order valence-corrected chi connectivity index (χ2v) is 5.64. The van der Waals surface area contributed by atoms with Crippen LogP contribution in [-0.4, -0.2) is 13.1 Å². The summed E-state index contributed by atoms with van der Waals surface area (Å²) < 4.78 is 0. The number of hydrogen-bond donors (Lipinski definition) is 2. The van der Waals surface area contributed by atoms with Gasteiger partial charge < -0.3 is 16.4 Å². The summed E-state index contributed by atoms with van der Waals surface area (Å²) in [4.78, 5) is 2.43. The standard InChI is InChI=1S/C17H31N3/c1-4-6-8-9-13-20(12-7-5-2)17-14(3)10-11-15(18)16(17)19/h10-11H,4-9,12-13,18-19H2,1-3H3. The summed E-state index contributed by atoms with van der Waals surface area (Å²) >= 11 is 0. The summed E-state index contributed by atoms with van der Waals surface area (Å²) in [6, 6.07) is 3.98. The zero-order valence-electron chi connectivity index (χ0n) is 13.4. The van der Waals surface area contributed by atoms with E-state index in [1.807, 2.05) is 6.07 Å². The molecule has 0 aliphatic heterocycles. The van der Waals surface area contributed by atoms with Gasteiger partial charge in [-0.25, -0.2) is 0 Å². The van der Waals surface area contributed by atoms with Gasteiger partial charge in [0.25, 0.3) is 0 Å². The van der Waals surface area contributed by atoms with Gasteiger partial charge in [-0.1, -0.05) is 45.6 Å². The molecule has 1 aromatic carbocycles. The van der Waals surface area contributed by atoms with Crippen LogP contribution in [0.5, 0.6) is 0 Å². The lowest BCUT2D eigenvalue weighted by atomic mass is 10.1. The molecule has 0 spiro atoms. The molecule has 0 bridgehead atoms. The molecule has 0 aromatic heterocycles. The fraction of sp³-hybridized carbons (Fsp3) is 0.647. The SMILES string of the molecule is CCCCCCN(CCCC)c1c(C)ccc(N)c1N. The number of anilines is 3. The van der Waals surface area contributed by atoms with Crippen LogP contribution in [0.4, 0.5) is 17.1 Å². The van der Waals surface area contributed by atoms with Crippen LogP contribution in [0.3, 0.4) is 0 Å². The van der Waals surface area contributed by atoms with Gasteiger partial charge in [-0.2, -0.15) is 0 Å². The van der Waals surface area contributed by atoms with E-state index in [-0.39, 0.29) is 0 Å². The van der Waals surface area contributed by atoms with Crippen LogP contribution in [0.25, 0.3) is 0 Å². The highest BCUT2D eigenvalue weighted by atomic mass is 15.1. The third-order valence-electron chi connectivity index (χ3n) is 3.83. The monoisotopic (exact) mass is 277 g/mol. The van der Waals surface area contributed by atoms with Crippen LogP contribution in [0.1, 0.15) is 57.9 Å². The van der Waals surface area contributed by atoms with Crippen LogP contribution in [0.15, 0.2) is 12.1 Å². The van der Waals surface area contributed by atoms with E-state index in [1.165, 1.54) is 44.1 Å². The lowest BCUT2D eigenvalue weighted by Crippen LogP contribution is -2.27. The lowest BCUT2D eigenvalue weighted by molar-refractivity contribution is 0.629. The van der Waals surface area contributed by atoms with E-state index in [1.54, 1.807) is 0 Å². The van der Waals surface area contributed by atoms with Crippen LogP contribution in [0.2, 0.25) is 0 Å². The van der Waals surface area contributed by atoms with Crippen molar-refractivity contribution in [1.29, 1.82) is 0 Å². The molecule has 0 radical (unpaired) electrons. The Labute approximate surface area is 124 Å². The topological polar surface area (TPSA) is 55.3 Å². The number of nitrogens with two attached hydrogens (primary N) is 2. The average Bonchev–Trinajstić information content (AvgIpc) is 2.44. The second kappa shape index (κ2) is 8.72. The minimum absolute atomic E-state index is 0.695. The summed E-state index contributed by atoms with van der Waals surface area (Å²) in [5, 5.41) is 0. The van der Waals surface area contributed by atoms with Gasteiger partial charge >= 0.3 is 0 Å². The molecule has 3 nitrogen and oxygen atoms in total. The molecule has 0 saturated carbocycles. The number of unbranched alkanes of at least 4 members (excludes halogenated alkanes) is 4. The molecular formula is C17H31N3. The van der Waals surface area contributed by atoms with E-state index in [0.29, 0.717) is 5.69 Å². The second-order valence-electron chi connectivity index (χ2n) is 5.64. The first-order valence-corrected chi connectivity index (χ1v) is 8.01. The molecule has 3 heteroatoms. The number of aryl methyl sites for hydroxylation is 1. The lowest BCUT2D eigenvalue weighted by Gasteiger charge is -2.28. The third kappa shape index (κ3) is 4.62. The first-order valence-electron chi connectivity index (χ1n) is 8.01. The predicted octanol–water partition coefficient (Wildman–Crippen LogP) is 4.35. The molecule has 0 saturated heterocycles. The fourth-order valence-electron chi connectivity index (χ4n) is 2.57. The van der Waals surface area contributed by atoms with Crippen molar-refractivity contribution in [3.63, 3.8) is 0 Å². The normalized spacial score (nSPS) is 10.8. The van der Waals surface area contributed by atoms with Gasteiger partial charge in [0, 0.05) is 13.1 Å². The third-order valence-corrected chi connectivity index (χ3v) is 3.83. The smallest absolute Gasteiger partial charge is 0.0788 e. The van der Waals surface area contributed by atoms with E-state index in [9.17, 15) is 0 Å².